The summed E-state index contributed by atoms with van der Waals surface area (Å²) in [5.74, 6) is -1.03. The SMILES string of the molecule is CC1=C(C(=O)O)N2C(=O)[C@@H](NC(=O)C3(c4ccccc4)CC3)[C@H]2SC1. The van der Waals surface area contributed by atoms with Crippen molar-refractivity contribution < 1.29 is 19.5 Å². The van der Waals surface area contributed by atoms with Crippen molar-refractivity contribution in [1.82, 2.24) is 10.2 Å². The van der Waals surface area contributed by atoms with E-state index in [1.807, 2.05) is 30.3 Å². The Morgan fingerprint density at radius 3 is 2.56 bits per heavy atom. The molecule has 0 radical (unpaired) electrons. The van der Waals surface area contributed by atoms with E-state index in [4.69, 9.17) is 0 Å². The van der Waals surface area contributed by atoms with Crippen molar-refractivity contribution >= 4 is 29.5 Å². The second kappa shape index (κ2) is 5.62. The summed E-state index contributed by atoms with van der Waals surface area (Å²) in [5, 5.41) is 11.9. The molecule has 6 nitrogen and oxygen atoms in total. The van der Waals surface area contributed by atoms with Crippen LogP contribution in [0.2, 0.25) is 0 Å². The summed E-state index contributed by atoms with van der Waals surface area (Å²) >= 11 is 1.49. The minimum Gasteiger partial charge on any atom is -0.477 e. The van der Waals surface area contributed by atoms with E-state index in [0.717, 1.165) is 18.4 Å². The minimum atomic E-state index is -1.09. The number of carboxylic acids is 1. The van der Waals surface area contributed by atoms with E-state index in [1.165, 1.54) is 16.7 Å². The minimum absolute atomic E-state index is 0.0587. The van der Waals surface area contributed by atoms with Gasteiger partial charge in [-0.25, -0.2) is 4.79 Å². The van der Waals surface area contributed by atoms with Gasteiger partial charge in [-0.1, -0.05) is 30.3 Å². The quantitative estimate of drug-likeness (QED) is 0.796. The van der Waals surface area contributed by atoms with Crippen LogP contribution >= 0.6 is 11.8 Å². The topological polar surface area (TPSA) is 86.7 Å². The normalized spacial score (nSPS) is 26.6. The number of hydrogen-bond acceptors (Lipinski definition) is 4. The summed E-state index contributed by atoms with van der Waals surface area (Å²) < 4.78 is 0. The lowest BCUT2D eigenvalue weighted by Gasteiger charge is -2.49. The fraction of sp³-hybridized carbons (Fsp3) is 0.389. The Morgan fingerprint density at radius 2 is 1.96 bits per heavy atom. The monoisotopic (exact) mass is 358 g/mol. The second-order valence-corrected chi connectivity index (χ2v) is 7.85. The van der Waals surface area contributed by atoms with E-state index in [1.54, 1.807) is 6.92 Å². The number of amides is 2. The molecule has 0 unspecified atom stereocenters. The van der Waals surface area contributed by atoms with Crippen LogP contribution in [0.1, 0.15) is 25.3 Å². The third-order valence-electron chi connectivity index (χ3n) is 5.16. The summed E-state index contributed by atoms with van der Waals surface area (Å²) in [6.45, 7) is 1.72. The highest BCUT2D eigenvalue weighted by molar-refractivity contribution is 8.00. The summed E-state index contributed by atoms with van der Waals surface area (Å²) in [7, 11) is 0. The molecule has 4 rings (SSSR count). The number of β-lactam (4-membered cyclic amide) rings is 1. The highest BCUT2D eigenvalue weighted by Crippen LogP contribution is 2.49. The Hall–Kier alpha value is -2.28. The Morgan fingerprint density at radius 1 is 1.28 bits per heavy atom. The van der Waals surface area contributed by atoms with Gasteiger partial charge < -0.3 is 10.4 Å². The number of aliphatic carboxylic acids is 1. The number of fused-ring (bicyclic) bond motifs is 1. The zero-order chi connectivity index (χ0) is 17.8. The summed E-state index contributed by atoms with van der Waals surface area (Å²) in [6.07, 6.45) is 1.54. The molecule has 0 bridgehead atoms. The number of benzene rings is 1. The lowest BCUT2D eigenvalue weighted by molar-refractivity contribution is -0.151. The molecule has 1 saturated heterocycles. The molecule has 2 amide bonds. The molecule has 2 N–H and O–H groups in total. The molecule has 7 heteroatoms. The number of rotatable bonds is 4. The van der Waals surface area contributed by atoms with Gasteiger partial charge in [0.15, 0.2) is 0 Å². The number of carbonyl (C=O) groups is 3. The van der Waals surface area contributed by atoms with Crippen molar-refractivity contribution in [2.24, 2.45) is 0 Å². The fourth-order valence-corrected chi connectivity index (χ4v) is 4.88. The van der Waals surface area contributed by atoms with Crippen LogP contribution in [0, 0.1) is 0 Å². The standard InChI is InChI=1S/C18H18N2O4S/c1-10-9-25-15-12(14(21)20(15)13(10)16(22)23)19-17(24)18(7-8-18)11-5-3-2-4-6-11/h2-6,12,15H,7-9H2,1H3,(H,19,24)(H,22,23)/t12-,15-/m1/s1. The van der Waals surface area contributed by atoms with Crippen LogP contribution in [0.15, 0.2) is 41.6 Å². The predicted octanol–water partition coefficient (Wildman–Crippen LogP) is 1.48. The zero-order valence-electron chi connectivity index (χ0n) is 13.7. The molecule has 2 heterocycles. The van der Waals surface area contributed by atoms with Crippen LogP contribution < -0.4 is 5.32 Å². The zero-order valence-corrected chi connectivity index (χ0v) is 14.5. The maximum atomic E-state index is 12.8. The van der Waals surface area contributed by atoms with Gasteiger partial charge in [-0.15, -0.1) is 11.8 Å². The van der Waals surface area contributed by atoms with Gasteiger partial charge in [-0.05, 0) is 30.9 Å². The average molecular weight is 358 g/mol. The first kappa shape index (κ1) is 16.2. The largest absolute Gasteiger partial charge is 0.477 e. The lowest BCUT2D eigenvalue weighted by Crippen LogP contribution is -2.71. The first-order valence-corrected chi connectivity index (χ1v) is 9.25. The first-order chi connectivity index (χ1) is 12.0. The number of thioether (sulfide) groups is 1. The molecule has 1 aromatic rings. The number of carbonyl (C=O) groups excluding carboxylic acids is 2. The number of hydrogen-bond donors (Lipinski definition) is 2. The summed E-state index contributed by atoms with van der Waals surface area (Å²) in [4.78, 5) is 38.0. The maximum absolute atomic E-state index is 12.8. The van der Waals surface area contributed by atoms with Gasteiger partial charge in [-0.2, -0.15) is 0 Å². The van der Waals surface area contributed by atoms with Crippen LogP contribution in [0.25, 0.3) is 0 Å². The van der Waals surface area contributed by atoms with E-state index >= 15 is 0 Å². The molecular formula is C18H18N2O4S. The molecule has 3 aliphatic rings. The van der Waals surface area contributed by atoms with Crippen molar-refractivity contribution in [2.45, 2.75) is 36.6 Å². The van der Waals surface area contributed by atoms with Crippen molar-refractivity contribution in [3.05, 3.63) is 47.2 Å². The van der Waals surface area contributed by atoms with Crippen LogP contribution in [0.5, 0.6) is 0 Å². The molecule has 130 valence electrons. The number of nitrogens with zero attached hydrogens (tertiary/aromatic N) is 1. The fourth-order valence-electron chi connectivity index (χ4n) is 3.58. The van der Waals surface area contributed by atoms with E-state index in [2.05, 4.69) is 5.32 Å². The van der Waals surface area contributed by atoms with Gasteiger partial charge in [0.2, 0.25) is 5.91 Å². The maximum Gasteiger partial charge on any atom is 0.352 e. The first-order valence-electron chi connectivity index (χ1n) is 8.20. The predicted molar refractivity (Wildman–Crippen MR) is 92.7 cm³/mol. The third kappa shape index (κ3) is 2.37. The second-order valence-electron chi connectivity index (χ2n) is 6.74. The lowest BCUT2D eigenvalue weighted by atomic mass is 9.93. The molecule has 0 spiro atoms. The van der Waals surface area contributed by atoms with E-state index in [-0.39, 0.29) is 22.9 Å². The Bertz CT molecular complexity index is 801. The smallest absolute Gasteiger partial charge is 0.352 e. The van der Waals surface area contributed by atoms with Gasteiger partial charge in [0.1, 0.15) is 17.1 Å². The molecule has 0 aromatic heterocycles. The van der Waals surface area contributed by atoms with Crippen LogP contribution in [0.3, 0.4) is 0 Å². The van der Waals surface area contributed by atoms with Crippen molar-refractivity contribution in [1.29, 1.82) is 0 Å². The van der Waals surface area contributed by atoms with Crippen LogP contribution in [-0.4, -0.2) is 45.0 Å². The van der Waals surface area contributed by atoms with Crippen LogP contribution in [-0.2, 0) is 19.8 Å². The Balaban J connectivity index is 1.51. The molecule has 1 saturated carbocycles. The highest BCUT2D eigenvalue weighted by atomic mass is 32.2. The Kier molecular flexibility index (Phi) is 3.64. The van der Waals surface area contributed by atoms with Crippen molar-refractivity contribution in [3.8, 4) is 0 Å². The Labute approximate surface area is 149 Å². The van der Waals surface area contributed by atoms with Gasteiger partial charge >= 0.3 is 5.97 Å². The van der Waals surface area contributed by atoms with E-state index < -0.39 is 17.4 Å². The van der Waals surface area contributed by atoms with E-state index in [0.29, 0.717) is 11.3 Å². The van der Waals surface area contributed by atoms with Crippen LogP contribution in [0.4, 0.5) is 0 Å². The van der Waals surface area contributed by atoms with Gasteiger partial charge in [0.05, 0.1) is 5.41 Å². The molecule has 2 fully saturated rings. The number of carboxylic acid groups (broad SMARTS) is 1. The molecule has 1 aromatic carbocycles. The summed E-state index contributed by atoms with van der Waals surface area (Å²) in [6, 6.07) is 8.94. The molecular weight excluding hydrogens is 340 g/mol. The molecule has 1 aliphatic carbocycles. The third-order valence-corrected chi connectivity index (χ3v) is 6.58. The van der Waals surface area contributed by atoms with Crippen molar-refractivity contribution in [2.75, 3.05) is 5.75 Å². The van der Waals surface area contributed by atoms with Crippen molar-refractivity contribution in [3.63, 3.8) is 0 Å². The molecule has 2 atom stereocenters. The van der Waals surface area contributed by atoms with Gasteiger partial charge in [0, 0.05) is 5.75 Å². The van der Waals surface area contributed by atoms with Gasteiger partial charge in [0.25, 0.3) is 5.91 Å². The average Bonchev–Trinajstić information content (AvgIpc) is 3.41. The molecule has 25 heavy (non-hydrogen) atoms. The highest BCUT2D eigenvalue weighted by Gasteiger charge is 2.57. The molecule has 2 aliphatic heterocycles. The van der Waals surface area contributed by atoms with Gasteiger partial charge in [-0.3, -0.25) is 14.5 Å². The number of nitrogens with one attached hydrogen (secondary N) is 1. The summed E-state index contributed by atoms with van der Waals surface area (Å²) in [5.41, 5.74) is 1.16. The van der Waals surface area contributed by atoms with E-state index in [9.17, 15) is 19.5 Å².